The van der Waals surface area contributed by atoms with Crippen LogP contribution in [0.2, 0.25) is 0 Å². The molecule has 1 aliphatic heterocycles. The van der Waals surface area contributed by atoms with E-state index in [0.29, 0.717) is 5.89 Å². The van der Waals surface area contributed by atoms with Crippen LogP contribution in [0, 0.1) is 5.92 Å². The maximum absolute atomic E-state index is 12.2. The predicted octanol–water partition coefficient (Wildman–Crippen LogP) is 6.46. The third kappa shape index (κ3) is 5.68. The molecule has 2 aromatic carbocycles. The molecule has 1 aliphatic carbocycles. The zero-order valence-corrected chi connectivity index (χ0v) is 21.5. The van der Waals surface area contributed by atoms with E-state index in [0.717, 1.165) is 86.4 Å². The first-order valence-electron chi connectivity index (χ1n) is 13.9. The molecule has 1 N–H and O–H groups in total. The van der Waals surface area contributed by atoms with Crippen molar-refractivity contribution in [3.8, 4) is 5.75 Å². The molecule has 1 saturated carbocycles. The molecule has 5 rings (SSSR count). The lowest BCUT2D eigenvalue weighted by Gasteiger charge is -2.41. The number of rotatable bonds is 10. The van der Waals surface area contributed by atoms with E-state index in [2.05, 4.69) is 0 Å². The first kappa shape index (κ1) is 25.0. The highest BCUT2D eigenvalue weighted by Crippen LogP contribution is 2.43. The highest BCUT2D eigenvalue weighted by molar-refractivity contribution is 5.30. The zero-order valence-electron chi connectivity index (χ0n) is 21.5. The Morgan fingerprint density at radius 1 is 0.889 bits per heavy atom. The average molecular weight is 490 g/mol. The van der Waals surface area contributed by atoms with Gasteiger partial charge in [0.15, 0.2) is 11.4 Å². The van der Waals surface area contributed by atoms with Crippen molar-refractivity contribution in [3.63, 3.8) is 0 Å². The summed E-state index contributed by atoms with van der Waals surface area (Å²) in [4.78, 5) is 4.72. The van der Waals surface area contributed by atoms with Gasteiger partial charge in [-0.2, -0.15) is 0 Å². The summed E-state index contributed by atoms with van der Waals surface area (Å²) in [7, 11) is 0. The quantitative estimate of drug-likeness (QED) is 0.262. The summed E-state index contributed by atoms with van der Waals surface area (Å²) in [5, 5.41) is 12.2. The maximum atomic E-state index is 12.2. The van der Waals surface area contributed by atoms with E-state index in [9.17, 15) is 5.11 Å². The number of aliphatic hydroxyl groups is 1. The number of benzene rings is 2. The van der Waals surface area contributed by atoms with Gasteiger partial charge in [-0.25, -0.2) is 4.98 Å². The highest BCUT2D eigenvalue weighted by Gasteiger charge is 2.45. The third-order valence-electron chi connectivity index (χ3n) is 8.33. The summed E-state index contributed by atoms with van der Waals surface area (Å²) >= 11 is 0. The monoisotopic (exact) mass is 489 g/mol. The fraction of sp³-hybridized carbons (Fsp3) is 0.516. The van der Waals surface area contributed by atoms with Crippen LogP contribution in [0.1, 0.15) is 75.0 Å². The summed E-state index contributed by atoms with van der Waals surface area (Å²) in [6, 6.07) is 20.1. The smallest absolute Gasteiger partial charge is 0.231 e. The van der Waals surface area contributed by atoms with E-state index in [4.69, 9.17) is 14.1 Å². The van der Waals surface area contributed by atoms with Crippen molar-refractivity contribution in [2.45, 2.75) is 69.9 Å². The van der Waals surface area contributed by atoms with E-state index in [-0.39, 0.29) is 5.92 Å². The lowest BCUT2D eigenvalue weighted by atomic mass is 9.73. The van der Waals surface area contributed by atoms with Gasteiger partial charge >= 0.3 is 0 Å². The Balaban J connectivity index is 1.31. The van der Waals surface area contributed by atoms with Crippen molar-refractivity contribution in [3.05, 3.63) is 84.1 Å². The molecule has 36 heavy (non-hydrogen) atoms. The lowest BCUT2D eigenvalue weighted by Crippen LogP contribution is -2.51. The predicted molar refractivity (Wildman–Crippen MR) is 141 cm³/mol. The van der Waals surface area contributed by atoms with Gasteiger partial charge < -0.3 is 18.7 Å². The summed E-state index contributed by atoms with van der Waals surface area (Å²) < 4.78 is 13.4. The Morgan fingerprint density at radius 2 is 1.56 bits per heavy atom. The van der Waals surface area contributed by atoms with Crippen molar-refractivity contribution in [1.29, 1.82) is 0 Å². The van der Waals surface area contributed by atoms with Crippen molar-refractivity contribution >= 4 is 0 Å². The summed E-state index contributed by atoms with van der Waals surface area (Å²) in [6.07, 6.45) is 12.2. The molecule has 0 radical (unpaired) electrons. The van der Waals surface area contributed by atoms with E-state index in [1.807, 2.05) is 66.9 Å². The summed E-state index contributed by atoms with van der Waals surface area (Å²) in [6.45, 7) is 4.93. The molecule has 3 aromatic rings. The van der Waals surface area contributed by atoms with Gasteiger partial charge in [0.1, 0.15) is 12.3 Å². The van der Waals surface area contributed by atoms with Crippen LogP contribution < -0.4 is 4.74 Å². The normalized spacial score (nSPS) is 20.0. The topological polar surface area (TPSA) is 55.5 Å². The van der Waals surface area contributed by atoms with Crippen molar-refractivity contribution in [1.82, 2.24) is 4.98 Å². The molecule has 1 atom stereocenters. The largest absolute Gasteiger partial charge is 0.493 e. The number of nitrogens with zero attached hydrogens (tertiary/aromatic N) is 2. The van der Waals surface area contributed by atoms with Crippen LogP contribution in [-0.2, 0) is 12.1 Å². The number of aromatic nitrogens is 1. The molecule has 1 saturated heterocycles. The average Bonchev–Trinajstić information content (AvgIpc) is 3.41. The van der Waals surface area contributed by atoms with Crippen LogP contribution >= 0.6 is 0 Å². The van der Waals surface area contributed by atoms with Crippen LogP contribution in [0.25, 0.3) is 0 Å². The number of piperidine rings is 1. The minimum atomic E-state index is -1.17. The number of ether oxygens (including phenoxy) is 1. The Hall–Kier alpha value is -2.63. The Morgan fingerprint density at radius 3 is 2.28 bits per heavy atom. The van der Waals surface area contributed by atoms with Gasteiger partial charge in [0.25, 0.3) is 0 Å². The van der Waals surface area contributed by atoms with E-state index >= 15 is 0 Å². The fourth-order valence-corrected chi connectivity index (χ4v) is 6.38. The first-order chi connectivity index (χ1) is 17.7. The van der Waals surface area contributed by atoms with E-state index in [1.54, 1.807) is 0 Å². The van der Waals surface area contributed by atoms with Crippen LogP contribution in [0.4, 0.5) is 0 Å². The fourth-order valence-electron chi connectivity index (χ4n) is 6.38. The molecule has 2 fully saturated rings. The zero-order chi connectivity index (χ0) is 24.7. The van der Waals surface area contributed by atoms with Crippen LogP contribution in [0.15, 0.2) is 71.3 Å². The Kier molecular flexibility index (Phi) is 8.08. The minimum absolute atomic E-state index is 0.133. The molecule has 5 heteroatoms. The molecule has 0 spiro atoms. The van der Waals surface area contributed by atoms with Gasteiger partial charge in [0, 0.05) is 12.3 Å². The molecule has 2 heterocycles. The maximum Gasteiger partial charge on any atom is 0.231 e. The molecule has 0 amide bonds. The van der Waals surface area contributed by atoms with Crippen molar-refractivity contribution in [2.75, 3.05) is 26.2 Å². The van der Waals surface area contributed by atoms with Crippen LogP contribution in [0.3, 0.4) is 0 Å². The van der Waals surface area contributed by atoms with Crippen molar-refractivity contribution in [2.24, 2.45) is 5.92 Å². The van der Waals surface area contributed by atoms with Gasteiger partial charge in [-0.1, -0.05) is 67.8 Å². The van der Waals surface area contributed by atoms with E-state index in [1.165, 1.54) is 25.7 Å². The number of para-hydroxylation sites is 1. The molecule has 5 nitrogen and oxygen atoms in total. The van der Waals surface area contributed by atoms with E-state index < -0.39 is 5.60 Å². The van der Waals surface area contributed by atoms with Crippen LogP contribution in [-0.4, -0.2) is 40.8 Å². The second-order valence-corrected chi connectivity index (χ2v) is 10.8. The SMILES string of the molecule is O[C@](c1ccccc1)(c1ncc(C[N+]2(CCCOc3ccccc3)CCCCC2)o1)C1CCCCC1. The number of hydrogen-bond donors (Lipinski definition) is 1. The molecule has 0 unspecified atom stereocenters. The van der Waals surface area contributed by atoms with Gasteiger partial charge in [-0.3, -0.25) is 0 Å². The number of hydrogen-bond acceptors (Lipinski definition) is 4. The molecular weight excluding hydrogens is 448 g/mol. The van der Waals surface area contributed by atoms with Gasteiger partial charge in [0.2, 0.25) is 5.89 Å². The molecular formula is C31H41N2O3+. The second-order valence-electron chi connectivity index (χ2n) is 10.8. The Bertz CT molecular complexity index is 1060. The first-order valence-corrected chi connectivity index (χ1v) is 13.9. The van der Waals surface area contributed by atoms with Gasteiger partial charge in [0.05, 0.1) is 32.4 Å². The molecule has 1 aromatic heterocycles. The Labute approximate surface area is 215 Å². The number of oxazole rings is 1. The van der Waals surface area contributed by atoms with Crippen LogP contribution in [0.5, 0.6) is 5.75 Å². The lowest BCUT2D eigenvalue weighted by molar-refractivity contribution is -0.946. The third-order valence-corrected chi connectivity index (χ3v) is 8.33. The van der Waals surface area contributed by atoms with Gasteiger partial charge in [-0.05, 0) is 49.8 Å². The summed E-state index contributed by atoms with van der Waals surface area (Å²) in [5.74, 6) is 2.43. The standard InChI is InChI=1S/C31H41N2O3/c34-31(26-14-5-1-6-15-26,27-16-7-2-8-17-27)30-32-24-29(36-30)25-33(20-11-4-12-21-33)22-13-23-35-28-18-9-3-10-19-28/h1,3,5-6,9-10,14-15,18-19,24,27,34H,2,4,7-8,11-13,16-17,20-23,25H2/q+1/t31-/m0/s1. The number of quaternary nitrogens is 1. The molecule has 192 valence electrons. The minimum Gasteiger partial charge on any atom is -0.493 e. The molecule has 2 aliphatic rings. The van der Waals surface area contributed by atoms with Gasteiger partial charge in [-0.15, -0.1) is 0 Å². The van der Waals surface area contributed by atoms with Crippen molar-refractivity contribution < 1.29 is 18.7 Å². The summed E-state index contributed by atoms with van der Waals surface area (Å²) in [5.41, 5.74) is -0.277. The second kappa shape index (κ2) is 11.6. The highest BCUT2D eigenvalue weighted by atomic mass is 16.5. The molecule has 0 bridgehead atoms. The number of likely N-dealkylation sites (tertiary alicyclic amines) is 1.